The smallest absolute Gasteiger partial charge is 0.407 e. The van der Waals surface area contributed by atoms with Crippen LogP contribution in [-0.4, -0.2) is 49.0 Å². The fourth-order valence-electron chi connectivity index (χ4n) is 2.22. The van der Waals surface area contributed by atoms with Crippen LogP contribution in [0.2, 0.25) is 0 Å². The molecule has 7 heteroatoms. The molecular weight excluding hydrogens is 234 g/mol. The van der Waals surface area contributed by atoms with Crippen LogP contribution in [0, 0.1) is 0 Å². The molecule has 1 fully saturated rings. The van der Waals surface area contributed by atoms with E-state index in [0.717, 1.165) is 6.26 Å². The number of rotatable bonds is 2. The predicted octanol–water partition coefficient (Wildman–Crippen LogP) is 0.882. The summed E-state index contributed by atoms with van der Waals surface area (Å²) in [4.78, 5) is 12.3. The van der Waals surface area contributed by atoms with Crippen molar-refractivity contribution < 1.29 is 22.5 Å². The Morgan fingerprint density at radius 3 is 2.06 bits per heavy atom. The standard InChI is InChI=1S/C9H17NO5S/c1-6-4-8(15-16(3,13)14)5-7(2)10(6)9(11)12/h6-8H,4-5H2,1-3H3,(H,11,12). The number of hydrogen-bond donors (Lipinski definition) is 1. The lowest BCUT2D eigenvalue weighted by Crippen LogP contribution is -2.51. The summed E-state index contributed by atoms with van der Waals surface area (Å²) in [6.45, 7) is 3.50. The summed E-state index contributed by atoms with van der Waals surface area (Å²) in [5.41, 5.74) is 0. The molecule has 2 atom stereocenters. The number of nitrogens with zero attached hydrogens (tertiary/aromatic N) is 1. The molecule has 1 amide bonds. The van der Waals surface area contributed by atoms with E-state index in [0.29, 0.717) is 12.8 Å². The van der Waals surface area contributed by atoms with Gasteiger partial charge >= 0.3 is 6.09 Å². The second kappa shape index (κ2) is 4.58. The van der Waals surface area contributed by atoms with Crippen molar-refractivity contribution in [3.63, 3.8) is 0 Å². The van der Waals surface area contributed by atoms with Crippen molar-refractivity contribution in [1.82, 2.24) is 4.90 Å². The highest BCUT2D eigenvalue weighted by Gasteiger charge is 2.35. The van der Waals surface area contributed by atoms with Gasteiger partial charge in [-0.25, -0.2) is 4.79 Å². The average Bonchev–Trinajstić information content (AvgIpc) is 1.96. The molecule has 16 heavy (non-hydrogen) atoms. The Balaban J connectivity index is 2.70. The molecule has 0 aromatic carbocycles. The molecule has 6 nitrogen and oxygen atoms in total. The first-order valence-corrected chi connectivity index (χ1v) is 6.92. The van der Waals surface area contributed by atoms with Crippen molar-refractivity contribution in [1.29, 1.82) is 0 Å². The van der Waals surface area contributed by atoms with Crippen LogP contribution in [0.25, 0.3) is 0 Å². The van der Waals surface area contributed by atoms with Crippen LogP contribution in [-0.2, 0) is 14.3 Å². The molecule has 0 radical (unpaired) electrons. The molecule has 0 spiro atoms. The van der Waals surface area contributed by atoms with Gasteiger partial charge in [0.05, 0.1) is 12.4 Å². The highest BCUT2D eigenvalue weighted by Crippen LogP contribution is 2.25. The lowest BCUT2D eigenvalue weighted by Gasteiger charge is -2.40. The Morgan fingerprint density at radius 2 is 1.75 bits per heavy atom. The molecule has 1 N–H and O–H groups in total. The monoisotopic (exact) mass is 251 g/mol. The molecule has 2 unspecified atom stereocenters. The van der Waals surface area contributed by atoms with Crippen LogP contribution >= 0.6 is 0 Å². The highest BCUT2D eigenvalue weighted by atomic mass is 32.2. The van der Waals surface area contributed by atoms with E-state index >= 15 is 0 Å². The fourth-order valence-corrected chi connectivity index (χ4v) is 2.87. The number of amides is 1. The van der Waals surface area contributed by atoms with Gasteiger partial charge in [-0.2, -0.15) is 8.42 Å². The van der Waals surface area contributed by atoms with Crippen LogP contribution in [0.3, 0.4) is 0 Å². The molecule has 0 bridgehead atoms. The third-order valence-electron chi connectivity index (χ3n) is 2.69. The van der Waals surface area contributed by atoms with Gasteiger partial charge in [-0.05, 0) is 26.7 Å². The number of hydrogen-bond acceptors (Lipinski definition) is 4. The zero-order chi connectivity index (χ0) is 12.5. The second-order valence-electron chi connectivity index (χ2n) is 4.28. The van der Waals surface area contributed by atoms with Crippen LogP contribution in [0.1, 0.15) is 26.7 Å². The molecule has 0 aromatic rings. The SMILES string of the molecule is CC1CC(OS(C)(=O)=O)CC(C)N1C(=O)O. The lowest BCUT2D eigenvalue weighted by molar-refractivity contribution is 0.0335. The number of carboxylic acid groups (broad SMARTS) is 1. The Hall–Kier alpha value is -0.820. The van der Waals surface area contributed by atoms with Gasteiger partial charge < -0.3 is 10.0 Å². The largest absolute Gasteiger partial charge is 0.465 e. The van der Waals surface area contributed by atoms with Gasteiger partial charge in [-0.3, -0.25) is 4.18 Å². The maximum atomic E-state index is 11.0. The molecule has 0 aliphatic carbocycles. The second-order valence-corrected chi connectivity index (χ2v) is 5.88. The van der Waals surface area contributed by atoms with Gasteiger partial charge in [0.1, 0.15) is 0 Å². The van der Waals surface area contributed by atoms with Crippen molar-refractivity contribution in [3.05, 3.63) is 0 Å². The fraction of sp³-hybridized carbons (Fsp3) is 0.889. The number of likely N-dealkylation sites (tertiary alicyclic amines) is 1. The van der Waals surface area contributed by atoms with Crippen molar-refractivity contribution in [2.24, 2.45) is 0 Å². The minimum atomic E-state index is -3.47. The quantitative estimate of drug-likeness (QED) is 0.736. The third-order valence-corrected chi connectivity index (χ3v) is 3.31. The lowest BCUT2D eigenvalue weighted by atomic mass is 9.95. The van der Waals surface area contributed by atoms with Crippen molar-refractivity contribution in [3.8, 4) is 0 Å². The maximum absolute atomic E-state index is 11.0. The van der Waals surface area contributed by atoms with E-state index in [1.165, 1.54) is 4.90 Å². The predicted molar refractivity (Wildman–Crippen MR) is 57.7 cm³/mol. The van der Waals surface area contributed by atoms with Crippen LogP contribution < -0.4 is 0 Å². The van der Waals surface area contributed by atoms with Crippen molar-refractivity contribution in [2.45, 2.75) is 44.9 Å². The van der Waals surface area contributed by atoms with E-state index in [1.54, 1.807) is 13.8 Å². The molecule has 0 saturated carbocycles. The molecular formula is C9H17NO5S. The van der Waals surface area contributed by atoms with Gasteiger partial charge in [-0.15, -0.1) is 0 Å². The van der Waals surface area contributed by atoms with E-state index in [1.807, 2.05) is 0 Å². The Labute approximate surface area is 95.3 Å². The van der Waals surface area contributed by atoms with E-state index in [9.17, 15) is 13.2 Å². The Morgan fingerprint density at radius 1 is 1.31 bits per heavy atom. The summed E-state index contributed by atoms with van der Waals surface area (Å²) in [5.74, 6) is 0. The zero-order valence-electron chi connectivity index (χ0n) is 9.58. The molecule has 1 heterocycles. The van der Waals surface area contributed by atoms with Crippen molar-refractivity contribution in [2.75, 3.05) is 6.26 Å². The van der Waals surface area contributed by atoms with E-state index in [-0.39, 0.29) is 12.1 Å². The van der Waals surface area contributed by atoms with E-state index < -0.39 is 22.3 Å². The normalized spacial score (nSPS) is 31.4. The summed E-state index contributed by atoms with van der Waals surface area (Å²) in [6.07, 6.45) is 0.424. The summed E-state index contributed by atoms with van der Waals surface area (Å²) in [6, 6.07) is -0.457. The first-order chi connectivity index (χ1) is 7.20. The van der Waals surface area contributed by atoms with Crippen LogP contribution in [0.5, 0.6) is 0 Å². The molecule has 1 aliphatic heterocycles. The molecule has 94 valence electrons. The first kappa shape index (κ1) is 13.2. The Kier molecular flexibility index (Phi) is 3.80. The molecule has 1 rings (SSSR count). The number of carbonyl (C=O) groups is 1. The third kappa shape index (κ3) is 3.34. The van der Waals surface area contributed by atoms with Crippen LogP contribution in [0.15, 0.2) is 0 Å². The van der Waals surface area contributed by atoms with Crippen molar-refractivity contribution >= 4 is 16.2 Å². The highest BCUT2D eigenvalue weighted by molar-refractivity contribution is 7.86. The maximum Gasteiger partial charge on any atom is 0.407 e. The van der Waals surface area contributed by atoms with Gasteiger partial charge in [-0.1, -0.05) is 0 Å². The summed E-state index contributed by atoms with van der Waals surface area (Å²) in [5, 5.41) is 8.96. The van der Waals surface area contributed by atoms with E-state index in [4.69, 9.17) is 9.29 Å². The topological polar surface area (TPSA) is 83.9 Å². The minimum Gasteiger partial charge on any atom is -0.465 e. The average molecular weight is 251 g/mol. The summed E-state index contributed by atoms with van der Waals surface area (Å²) in [7, 11) is -3.47. The van der Waals surface area contributed by atoms with E-state index in [2.05, 4.69) is 0 Å². The van der Waals surface area contributed by atoms with Gasteiger partial charge in [0.15, 0.2) is 0 Å². The summed E-state index contributed by atoms with van der Waals surface area (Å²) >= 11 is 0. The summed E-state index contributed by atoms with van der Waals surface area (Å²) < 4.78 is 26.9. The zero-order valence-corrected chi connectivity index (χ0v) is 10.4. The van der Waals surface area contributed by atoms with Gasteiger partial charge in [0.2, 0.25) is 0 Å². The Bertz CT molecular complexity index is 354. The minimum absolute atomic E-state index is 0.229. The first-order valence-electron chi connectivity index (χ1n) is 5.10. The van der Waals surface area contributed by atoms with Crippen LogP contribution in [0.4, 0.5) is 4.79 Å². The molecule has 1 aliphatic rings. The van der Waals surface area contributed by atoms with Gasteiger partial charge in [0.25, 0.3) is 10.1 Å². The van der Waals surface area contributed by atoms with Gasteiger partial charge in [0, 0.05) is 12.1 Å². The molecule has 1 saturated heterocycles. The molecule has 0 aromatic heterocycles. The number of piperidine rings is 1.